The smallest absolute Gasteiger partial charge is 0.324 e. The van der Waals surface area contributed by atoms with Crippen LogP contribution in [0.2, 0.25) is 0 Å². The molecule has 0 aliphatic rings. The van der Waals surface area contributed by atoms with Gasteiger partial charge < -0.3 is 15.4 Å². The Morgan fingerprint density at radius 2 is 2.26 bits per heavy atom. The first-order valence-corrected chi connectivity index (χ1v) is 7.09. The maximum atomic E-state index is 11.3. The summed E-state index contributed by atoms with van der Waals surface area (Å²) < 4.78 is 0. The van der Waals surface area contributed by atoms with E-state index < -0.39 is 11.5 Å². The van der Waals surface area contributed by atoms with E-state index >= 15 is 0 Å². The summed E-state index contributed by atoms with van der Waals surface area (Å²) in [5.74, 6) is -0.436. The van der Waals surface area contributed by atoms with Crippen LogP contribution in [0.5, 0.6) is 0 Å². The van der Waals surface area contributed by atoms with Gasteiger partial charge >= 0.3 is 5.97 Å². The largest absolute Gasteiger partial charge is 0.480 e. The number of fused-ring (bicyclic) bond motifs is 1. The zero-order valence-electron chi connectivity index (χ0n) is 10.9. The van der Waals surface area contributed by atoms with Gasteiger partial charge in [-0.3, -0.25) is 4.79 Å². The van der Waals surface area contributed by atoms with E-state index in [1.54, 1.807) is 6.92 Å². The third kappa shape index (κ3) is 3.08. The molecule has 2 aromatic rings. The van der Waals surface area contributed by atoms with Crippen LogP contribution in [-0.4, -0.2) is 38.9 Å². The number of para-hydroxylation sites is 2. The van der Waals surface area contributed by atoms with Gasteiger partial charge in [-0.25, -0.2) is 4.98 Å². The Bertz CT molecular complexity index is 551. The van der Waals surface area contributed by atoms with Crippen LogP contribution in [0.1, 0.15) is 13.8 Å². The van der Waals surface area contributed by atoms with Crippen LogP contribution in [0.15, 0.2) is 29.4 Å². The SMILES string of the molecule is CCNC(C)(CSc1nc2ccccc2[nH]1)C(=O)O. The fourth-order valence-corrected chi connectivity index (χ4v) is 2.78. The molecule has 3 N–H and O–H groups in total. The summed E-state index contributed by atoms with van der Waals surface area (Å²) in [7, 11) is 0. The molecule has 0 radical (unpaired) electrons. The van der Waals surface area contributed by atoms with E-state index in [1.807, 2.05) is 31.2 Å². The average molecular weight is 279 g/mol. The average Bonchev–Trinajstić information content (AvgIpc) is 2.79. The lowest BCUT2D eigenvalue weighted by atomic mass is 10.1. The van der Waals surface area contributed by atoms with Crippen molar-refractivity contribution < 1.29 is 9.90 Å². The van der Waals surface area contributed by atoms with Crippen LogP contribution in [0.3, 0.4) is 0 Å². The number of aromatic nitrogens is 2. The number of carboxylic acid groups (broad SMARTS) is 1. The van der Waals surface area contributed by atoms with Crippen molar-refractivity contribution in [2.75, 3.05) is 12.3 Å². The molecule has 0 spiro atoms. The Morgan fingerprint density at radius 1 is 1.53 bits per heavy atom. The molecule has 6 heteroatoms. The van der Waals surface area contributed by atoms with Crippen LogP contribution >= 0.6 is 11.8 Å². The maximum absolute atomic E-state index is 11.3. The molecular weight excluding hydrogens is 262 g/mol. The van der Waals surface area contributed by atoms with Crippen molar-refractivity contribution in [2.24, 2.45) is 0 Å². The summed E-state index contributed by atoms with van der Waals surface area (Å²) in [6.45, 7) is 4.20. The second kappa shape index (κ2) is 5.63. The lowest BCUT2D eigenvalue weighted by Gasteiger charge is -2.24. The van der Waals surface area contributed by atoms with Gasteiger partial charge in [0.05, 0.1) is 11.0 Å². The van der Waals surface area contributed by atoms with Crippen molar-refractivity contribution in [3.8, 4) is 0 Å². The van der Waals surface area contributed by atoms with Gasteiger partial charge in [-0.15, -0.1) is 0 Å². The van der Waals surface area contributed by atoms with E-state index in [0.717, 1.165) is 16.2 Å². The van der Waals surface area contributed by atoms with Gasteiger partial charge in [0.15, 0.2) is 5.16 Å². The third-order valence-electron chi connectivity index (χ3n) is 2.90. The van der Waals surface area contributed by atoms with E-state index in [1.165, 1.54) is 11.8 Å². The molecule has 2 rings (SSSR count). The molecule has 1 atom stereocenters. The van der Waals surface area contributed by atoms with Gasteiger partial charge in [0.25, 0.3) is 0 Å². The number of H-pyrrole nitrogens is 1. The molecular formula is C13H17N3O2S. The van der Waals surface area contributed by atoms with Crippen molar-refractivity contribution >= 4 is 28.8 Å². The predicted octanol–water partition coefficient (Wildman–Crippen LogP) is 2.11. The number of thioether (sulfide) groups is 1. The maximum Gasteiger partial charge on any atom is 0.324 e. The van der Waals surface area contributed by atoms with Gasteiger partial charge in [-0.2, -0.15) is 0 Å². The number of carbonyl (C=O) groups is 1. The van der Waals surface area contributed by atoms with Gasteiger partial charge in [0, 0.05) is 5.75 Å². The fourth-order valence-electron chi connectivity index (χ4n) is 1.79. The number of imidazole rings is 1. The highest BCUT2D eigenvalue weighted by Crippen LogP contribution is 2.23. The number of aromatic amines is 1. The highest BCUT2D eigenvalue weighted by Gasteiger charge is 2.32. The molecule has 0 aliphatic heterocycles. The van der Waals surface area contributed by atoms with Gasteiger partial charge in [0.2, 0.25) is 0 Å². The minimum atomic E-state index is -0.946. The fraction of sp³-hybridized carbons (Fsp3) is 0.385. The molecule has 0 saturated carbocycles. The second-order valence-corrected chi connectivity index (χ2v) is 5.48. The van der Waals surface area contributed by atoms with Crippen LogP contribution < -0.4 is 5.32 Å². The third-order valence-corrected chi connectivity index (χ3v) is 4.09. The number of aliphatic carboxylic acids is 1. The summed E-state index contributed by atoms with van der Waals surface area (Å²) in [6, 6.07) is 7.75. The zero-order chi connectivity index (χ0) is 13.9. The molecule has 0 bridgehead atoms. The molecule has 0 amide bonds. The van der Waals surface area contributed by atoms with Crippen LogP contribution in [-0.2, 0) is 4.79 Å². The van der Waals surface area contributed by atoms with E-state index in [0.29, 0.717) is 12.3 Å². The van der Waals surface area contributed by atoms with Crippen molar-refractivity contribution in [1.82, 2.24) is 15.3 Å². The molecule has 1 aromatic carbocycles. The van der Waals surface area contributed by atoms with Crippen molar-refractivity contribution in [2.45, 2.75) is 24.5 Å². The molecule has 1 unspecified atom stereocenters. The number of carboxylic acids is 1. The number of benzene rings is 1. The summed E-state index contributed by atoms with van der Waals surface area (Å²) >= 11 is 1.41. The predicted molar refractivity (Wildman–Crippen MR) is 76.5 cm³/mol. The van der Waals surface area contributed by atoms with Gasteiger partial charge in [0.1, 0.15) is 5.54 Å². The highest BCUT2D eigenvalue weighted by molar-refractivity contribution is 7.99. The quantitative estimate of drug-likeness (QED) is 0.706. The summed E-state index contributed by atoms with van der Waals surface area (Å²) in [5.41, 5.74) is 0.911. The molecule has 5 nitrogen and oxygen atoms in total. The highest BCUT2D eigenvalue weighted by atomic mass is 32.2. The van der Waals surface area contributed by atoms with Crippen molar-refractivity contribution in [3.63, 3.8) is 0 Å². The Morgan fingerprint density at radius 3 is 2.89 bits per heavy atom. The Labute approximate surface area is 115 Å². The number of nitrogens with one attached hydrogen (secondary N) is 2. The van der Waals surface area contributed by atoms with E-state index in [9.17, 15) is 9.90 Å². The molecule has 0 aliphatic carbocycles. The number of hydrogen-bond donors (Lipinski definition) is 3. The van der Waals surface area contributed by atoms with E-state index in [-0.39, 0.29) is 0 Å². The molecule has 102 valence electrons. The molecule has 1 heterocycles. The number of hydrogen-bond acceptors (Lipinski definition) is 4. The summed E-state index contributed by atoms with van der Waals surface area (Å²) in [6.07, 6.45) is 0. The van der Waals surface area contributed by atoms with Crippen LogP contribution in [0.25, 0.3) is 11.0 Å². The first-order valence-electron chi connectivity index (χ1n) is 6.11. The Kier molecular flexibility index (Phi) is 4.11. The first-order chi connectivity index (χ1) is 9.05. The summed E-state index contributed by atoms with van der Waals surface area (Å²) in [4.78, 5) is 18.9. The van der Waals surface area contributed by atoms with Crippen molar-refractivity contribution in [3.05, 3.63) is 24.3 Å². The number of rotatable bonds is 6. The molecule has 1 aromatic heterocycles. The van der Waals surface area contributed by atoms with E-state index in [4.69, 9.17) is 0 Å². The lowest BCUT2D eigenvalue weighted by Crippen LogP contribution is -2.51. The molecule has 19 heavy (non-hydrogen) atoms. The number of nitrogens with zero attached hydrogens (tertiary/aromatic N) is 1. The summed E-state index contributed by atoms with van der Waals surface area (Å²) in [5, 5.41) is 13.0. The first kappa shape index (κ1) is 13.9. The standard InChI is InChI=1S/C13H17N3O2S/c1-3-14-13(2,11(17)18)8-19-12-15-9-6-4-5-7-10(9)16-12/h4-7,14H,3,8H2,1-2H3,(H,15,16)(H,17,18). The second-order valence-electron chi connectivity index (χ2n) is 4.52. The number of likely N-dealkylation sites (N-methyl/N-ethyl adjacent to an activating group) is 1. The Hall–Kier alpha value is -1.53. The topological polar surface area (TPSA) is 78.0 Å². The molecule has 0 saturated heterocycles. The lowest BCUT2D eigenvalue weighted by molar-refractivity contribution is -0.143. The van der Waals surface area contributed by atoms with Crippen LogP contribution in [0, 0.1) is 0 Å². The zero-order valence-corrected chi connectivity index (χ0v) is 11.8. The van der Waals surface area contributed by atoms with Crippen LogP contribution in [0.4, 0.5) is 0 Å². The van der Waals surface area contributed by atoms with Gasteiger partial charge in [-0.05, 0) is 25.6 Å². The normalized spacial score (nSPS) is 14.4. The molecule has 0 fully saturated rings. The minimum Gasteiger partial charge on any atom is -0.480 e. The monoisotopic (exact) mass is 279 g/mol. The van der Waals surface area contributed by atoms with Gasteiger partial charge in [-0.1, -0.05) is 30.8 Å². The minimum absolute atomic E-state index is 0.413. The Balaban J connectivity index is 2.10. The van der Waals surface area contributed by atoms with E-state index in [2.05, 4.69) is 15.3 Å². The van der Waals surface area contributed by atoms with Crippen molar-refractivity contribution in [1.29, 1.82) is 0 Å².